The second kappa shape index (κ2) is 4.69. The molecule has 0 unspecified atom stereocenters. The largest absolute Gasteiger partial charge is 0.283 e. The Hall–Kier alpha value is -1.03. The van der Waals surface area contributed by atoms with Gasteiger partial charge in [0, 0.05) is 5.69 Å². The highest BCUT2D eigenvalue weighted by atomic mass is 32.2. The van der Waals surface area contributed by atoms with E-state index in [1.54, 1.807) is 32.9 Å². The van der Waals surface area contributed by atoms with E-state index in [4.69, 9.17) is 0 Å². The number of benzene rings is 1. The number of hydrogen-bond donors (Lipinski definition) is 1. The highest BCUT2D eigenvalue weighted by Crippen LogP contribution is 2.21. The fourth-order valence-electron chi connectivity index (χ4n) is 1.24. The second-order valence-corrected chi connectivity index (χ2v) is 7.93. The molecule has 0 amide bonds. The van der Waals surface area contributed by atoms with Crippen molar-refractivity contribution < 1.29 is 8.42 Å². The summed E-state index contributed by atoms with van der Waals surface area (Å²) in [6.45, 7) is 9.25. The monoisotopic (exact) mass is 255 g/mol. The smallest absolute Gasteiger partial charge is 0.237 e. The quantitative estimate of drug-likeness (QED) is 0.900. The van der Waals surface area contributed by atoms with Gasteiger partial charge in [-0.25, -0.2) is 8.42 Å². The molecule has 4 heteroatoms. The normalized spacial score (nSPS) is 12.8. The molecule has 96 valence electrons. The molecule has 0 saturated carbocycles. The first-order chi connectivity index (χ1) is 7.63. The van der Waals surface area contributed by atoms with Gasteiger partial charge in [-0.3, -0.25) is 4.72 Å². The Labute approximate surface area is 104 Å². The first-order valence-corrected chi connectivity index (χ1v) is 7.24. The van der Waals surface area contributed by atoms with Gasteiger partial charge in [-0.1, -0.05) is 26.0 Å². The van der Waals surface area contributed by atoms with Crippen LogP contribution in [0.5, 0.6) is 0 Å². The summed E-state index contributed by atoms with van der Waals surface area (Å²) in [6.07, 6.45) is 0. The summed E-state index contributed by atoms with van der Waals surface area (Å²) in [5.41, 5.74) is 1.81. The van der Waals surface area contributed by atoms with Crippen LogP contribution >= 0.6 is 0 Å². The number of sulfonamides is 1. The topological polar surface area (TPSA) is 46.2 Å². The van der Waals surface area contributed by atoms with Gasteiger partial charge in [-0.05, 0) is 44.4 Å². The van der Waals surface area contributed by atoms with Crippen LogP contribution in [0.2, 0.25) is 0 Å². The molecule has 0 fully saturated rings. The van der Waals surface area contributed by atoms with E-state index in [-0.39, 0.29) is 0 Å². The summed E-state index contributed by atoms with van der Waals surface area (Å²) in [7, 11) is -3.33. The van der Waals surface area contributed by atoms with Gasteiger partial charge in [0.25, 0.3) is 0 Å². The molecule has 0 aliphatic carbocycles. The predicted molar refractivity (Wildman–Crippen MR) is 72.8 cm³/mol. The van der Waals surface area contributed by atoms with Crippen molar-refractivity contribution >= 4 is 15.7 Å². The van der Waals surface area contributed by atoms with Gasteiger partial charge in [-0.15, -0.1) is 0 Å². The Balaban J connectivity index is 2.91. The number of nitrogens with one attached hydrogen (secondary N) is 1. The third kappa shape index (κ3) is 3.46. The van der Waals surface area contributed by atoms with Crippen LogP contribution in [-0.4, -0.2) is 13.2 Å². The molecule has 1 N–H and O–H groups in total. The molecular formula is C13H21NO2S. The lowest BCUT2D eigenvalue weighted by molar-refractivity contribution is 0.566. The van der Waals surface area contributed by atoms with E-state index in [9.17, 15) is 8.42 Å². The van der Waals surface area contributed by atoms with Crippen molar-refractivity contribution in [1.82, 2.24) is 0 Å². The average Bonchev–Trinajstić information content (AvgIpc) is 2.16. The molecule has 0 aromatic heterocycles. The standard InChI is InChI=1S/C13H21NO2S/c1-10(2)11-6-8-12(9-7-11)14-17(15,16)13(3,4)5/h6-10,14H,1-5H3. The molecule has 1 rings (SSSR count). The van der Waals surface area contributed by atoms with Crippen LogP contribution in [0.1, 0.15) is 46.1 Å². The molecule has 0 heterocycles. The van der Waals surface area contributed by atoms with E-state index in [1.807, 2.05) is 12.1 Å². The van der Waals surface area contributed by atoms with E-state index in [1.165, 1.54) is 5.56 Å². The Morgan fingerprint density at radius 3 is 1.88 bits per heavy atom. The van der Waals surface area contributed by atoms with Crippen molar-refractivity contribution in [2.24, 2.45) is 0 Å². The summed E-state index contributed by atoms with van der Waals surface area (Å²) < 4.78 is 25.7. The molecule has 0 aliphatic heterocycles. The lowest BCUT2D eigenvalue weighted by Gasteiger charge is -2.20. The van der Waals surface area contributed by atoms with Gasteiger partial charge in [0.2, 0.25) is 10.0 Å². The average molecular weight is 255 g/mol. The fourth-order valence-corrected chi connectivity index (χ4v) is 2.00. The first-order valence-electron chi connectivity index (χ1n) is 5.76. The van der Waals surface area contributed by atoms with Crippen molar-refractivity contribution in [3.63, 3.8) is 0 Å². The van der Waals surface area contributed by atoms with Crippen molar-refractivity contribution in [1.29, 1.82) is 0 Å². The summed E-state index contributed by atoms with van der Waals surface area (Å²) in [5, 5.41) is 0. The molecule has 0 aliphatic rings. The maximum atomic E-state index is 11.9. The Bertz CT molecular complexity index is 467. The van der Waals surface area contributed by atoms with Crippen LogP contribution < -0.4 is 4.72 Å². The molecule has 0 spiro atoms. The zero-order valence-electron chi connectivity index (χ0n) is 11.1. The SMILES string of the molecule is CC(C)c1ccc(NS(=O)(=O)C(C)(C)C)cc1. The second-order valence-electron chi connectivity index (χ2n) is 5.49. The van der Waals surface area contributed by atoms with Crippen LogP contribution in [0.4, 0.5) is 5.69 Å². The highest BCUT2D eigenvalue weighted by molar-refractivity contribution is 7.94. The summed E-state index contributed by atoms with van der Waals surface area (Å²) in [5.74, 6) is 0.447. The number of anilines is 1. The Morgan fingerprint density at radius 1 is 1.06 bits per heavy atom. The maximum Gasteiger partial charge on any atom is 0.237 e. The molecule has 0 radical (unpaired) electrons. The molecular weight excluding hydrogens is 234 g/mol. The van der Waals surface area contributed by atoms with E-state index < -0.39 is 14.8 Å². The van der Waals surface area contributed by atoms with Crippen molar-refractivity contribution in [3.05, 3.63) is 29.8 Å². The van der Waals surface area contributed by atoms with Gasteiger partial charge in [0.05, 0.1) is 4.75 Å². The molecule has 0 bridgehead atoms. The zero-order valence-corrected chi connectivity index (χ0v) is 11.9. The summed E-state index contributed by atoms with van der Waals surface area (Å²) >= 11 is 0. The third-order valence-corrected chi connectivity index (χ3v) is 4.75. The van der Waals surface area contributed by atoms with Crippen LogP contribution in [-0.2, 0) is 10.0 Å². The Kier molecular flexibility index (Phi) is 3.87. The lowest BCUT2D eigenvalue weighted by Crippen LogP contribution is -2.33. The number of hydrogen-bond acceptors (Lipinski definition) is 2. The van der Waals surface area contributed by atoms with E-state index >= 15 is 0 Å². The minimum atomic E-state index is -3.33. The molecule has 3 nitrogen and oxygen atoms in total. The zero-order chi connectivity index (χ0) is 13.3. The van der Waals surface area contributed by atoms with E-state index in [0.29, 0.717) is 11.6 Å². The van der Waals surface area contributed by atoms with Crippen LogP contribution in [0.25, 0.3) is 0 Å². The molecule has 1 aromatic carbocycles. The Morgan fingerprint density at radius 2 is 1.53 bits per heavy atom. The predicted octanol–water partition coefficient (Wildman–Crippen LogP) is 3.35. The molecule has 0 saturated heterocycles. The molecule has 1 aromatic rings. The minimum absolute atomic E-state index is 0.447. The van der Waals surface area contributed by atoms with Crippen LogP contribution in [0, 0.1) is 0 Å². The van der Waals surface area contributed by atoms with Gasteiger partial charge < -0.3 is 0 Å². The van der Waals surface area contributed by atoms with E-state index in [0.717, 1.165) is 0 Å². The van der Waals surface area contributed by atoms with Gasteiger partial charge >= 0.3 is 0 Å². The fraction of sp³-hybridized carbons (Fsp3) is 0.538. The van der Waals surface area contributed by atoms with Crippen molar-refractivity contribution in [2.75, 3.05) is 4.72 Å². The maximum absolute atomic E-state index is 11.9. The molecule has 17 heavy (non-hydrogen) atoms. The van der Waals surface area contributed by atoms with Crippen LogP contribution in [0.3, 0.4) is 0 Å². The third-order valence-electron chi connectivity index (χ3n) is 2.64. The van der Waals surface area contributed by atoms with Gasteiger partial charge in [0.15, 0.2) is 0 Å². The van der Waals surface area contributed by atoms with Crippen molar-refractivity contribution in [3.8, 4) is 0 Å². The highest BCUT2D eigenvalue weighted by Gasteiger charge is 2.28. The van der Waals surface area contributed by atoms with Crippen molar-refractivity contribution in [2.45, 2.75) is 45.3 Å². The van der Waals surface area contributed by atoms with Crippen LogP contribution in [0.15, 0.2) is 24.3 Å². The first kappa shape index (κ1) is 14.0. The molecule has 0 atom stereocenters. The van der Waals surface area contributed by atoms with E-state index in [2.05, 4.69) is 18.6 Å². The lowest BCUT2D eigenvalue weighted by atomic mass is 10.0. The minimum Gasteiger partial charge on any atom is -0.283 e. The van der Waals surface area contributed by atoms with Gasteiger partial charge in [0.1, 0.15) is 0 Å². The summed E-state index contributed by atoms with van der Waals surface area (Å²) in [4.78, 5) is 0. The summed E-state index contributed by atoms with van der Waals surface area (Å²) in [6, 6.07) is 7.51. The van der Waals surface area contributed by atoms with Gasteiger partial charge in [-0.2, -0.15) is 0 Å². The number of rotatable bonds is 3.